The molecule has 3 aliphatic carbocycles. The van der Waals surface area contributed by atoms with Crippen molar-refractivity contribution in [1.82, 2.24) is 15.1 Å². The second-order valence-corrected chi connectivity index (χ2v) is 13.8. The topological polar surface area (TPSA) is 149 Å². The van der Waals surface area contributed by atoms with Crippen molar-refractivity contribution in [2.45, 2.75) is 54.8 Å². The number of phenols is 1. The van der Waals surface area contributed by atoms with Gasteiger partial charge in [0.25, 0.3) is 0 Å². The maximum Gasteiger partial charge on any atom is 0.410 e. The van der Waals surface area contributed by atoms with Crippen molar-refractivity contribution in [2.24, 2.45) is 11.3 Å². The van der Waals surface area contributed by atoms with Gasteiger partial charge in [-0.1, -0.05) is 71.9 Å². The van der Waals surface area contributed by atoms with E-state index in [4.69, 9.17) is 9.47 Å². The van der Waals surface area contributed by atoms with Crippen molar-refractivity contribution in [3.05, 3.63) is 101 Å². The highest BCUT2D eigenvalue weighted by Crippen LogP contribution is 2.70. The third kappa shape index (κ3) is 8.21. The SMILES string of the molecule is O=C(O)CN(C(=O)OCCN(Cc1ccc(O)cc1)C(=O)OCCNCc1ccccc1Sc1ccccc1CO)[C@H]1CC2C=C3CC31C2. The first-order valence-electron chi connectivity index (χ1n) is 16.5. The zero-order chi connectivity index (χ0) is 34.4. The molecule has 3 aromatic carbocycles. The number of amides is 2. The molecule has 2 saturated carbocycles. The quantitative estimate of drug-likeness (QED) is 0.114. The summed E-state index contributed by atoms with van der Waals surface area (Å²) in [5.41, 5.74) is 3.91. The Bertz CT molecular complexity index is 1700. The Kier molecular flexibility index (Phi) is 10.8. The molecule has 49 heavy (non-hydrogen) atoms. The summed E-state index contributed by atoms with van der Waals surface area (Å²) in [6.45, 7) is 0.613. The van der Waals surface area contributed by atoms with Crippen LogP contribution in [0.15, 0.2) is 94.2 Å². The van der Waals surface area contributed by atoms with Gasteiger partial charge in [-0.05, 0) is 66.1 Å². The molecule has 2 bridgehead atoms. The van der Waals surface area contributed by atoms with E-state index in [9.17, 15) is 29.7 Å². The molecule has 1 spiro atoms. The number of phenolic OH excluding ortho intramolecular Hbond substituents is 1. The molecule has 2 fully saturated rings. The number of carboxylic acid groups (broad SMARTS) is 1. The van der Waals surface area contributed by atoms with Gasteiger partial charge in [0.1, 0.15) is 25.5 Å². The standard InChI is InChI=1S/C37H41N3O8S/c41-24-28-6-2-4-8-32(28)49-31-7-3-1-5-27(31)21-38-13-15-47-35(45)39(22-25-9-11-30(42)12-10-25)14-16-48-36(46)40(23-34(43)44)33-18-26-17-29-20-37(29,33)19-26/h1-12,17,26,33,38,41-42H,13-16,18-24H2,(H,43,44)/t26?,33-,37?/m0/s1. The number of aliphatic hydroxyl groups excluding tert-OH is 1. The van der Waals surface area contributed by atoms with Crippen LogP contribution < -0.4 is 5.32 Å². The lowest BCUT2D eigenvalue weighted by Gasteiger charge is -2.32. The molecule has 0 aliphatic heterocycles. The van der Waals surface area contributed by atoms with Crippen molar-refractivity contribution in [3.63, 3.8) is 0 Å². The lowest BCUT2D eigenvalue weighted by molar-refractivity contribution is -0.138. The minimum atomic E-state index is -1.09. The maximum absolute atomic E-state index is 13.2. The van der Waals surface area contributed by atoms with Crippen LogP contribution in [0.4, 0.5) is 9.59 Å². The monoisotopic (exact) mass is 687 g/mol. The number of fused-ring (bicyclic) bond motifs is 1. The Morgan fingerprint density at radius 3 is 2.31 bits per heavy atom. The van der Waals surface area contributed by atoms with Crippen LogP contribution in [0.1, 0.15) is 36.0 Å². The average molecular weight is 688 g/mol. The number of benzene rings is 3. The number of allylic oxidation sites excluding steroid dienone is 1. The number of carboxylic acids is 1. The Morgan fingerprint density at radius 1 is 0.918 bits per heavy atom. The molecule has 2 unspecified atom stereocenters. The van der Waals surface area contributed by atoms with Gasteiger partial charge in [0.15, 0.2) is 0 Å². The minimum Gasteiger partial charge on any atom is -0.508 e. The molecule has 6 rings (SSSR count). The van der Waals surface area contributed by atoms with Crippen molar-refractivity contribution in [2.75, 3.05) is 32.8 Å². The highest BCUT2D eigenvalue weighted by Gasteiger charge is 2.65. The highest BCUT2D eigenvalue weighted by atomic mass is 32.2. The predicted molar refractivity (Wildman–Crippen MR) is 182 cm³/mol. The molecule has 3 aliphatic rings. The van der Waals surface area contributed by atoms with E-state index in [1.807, 2.05) is 48.5 Å². The number of nitrogens with one attached hydrogen (secondary N) is 1. The fourth-order valence-corrected chi connectivity index (χ4v) is 8.11. The van der Waals surface area contributed by atoms with Gasteiger partial charge in [0.2, 0.25) is 0 Å². The Labute approximate surface area is 289 Å². The third-order valence-electron chi connectivity index (χ3n) is 9.47. The van der Waals surface area contributed by atoms with Crippen LogP contribution in [0.2, 0.25) is 0 Å². The smallest absolute Gasteiger partial charge is 0.410 e. The lowest BCUT2D eigenvalue weighted by Crippen LogP contribution is -2.47. The number of nitrogens with zero attached hydrogens (tertiary/aromatic N) is 2. The zero-order valence-electron chi connectivity index (χ0n) is 27.1. The Morgan fingerprint density at radius 2 is 1.61 bits per heavy atom. The largest absolute Gasteiger partial charge is 0.508 e. The molecule has 0 heterocycles. The van der Waals surface area contributed by atoms with Crippen LogP contribution >= 0.6 is 11.8 Å². The number of carbonyl (C=O) groups excluding carboxylic acids is 2. The second-order valence-electron chi connectivity index (χ2n) is 12.7. The summed E-state index contributed by atoms with van der Waals surface area (Å²) in [5.74, 6) is -0.614. The summed E-state index contributed by atoms with van der Waals surface area (Å²) in [4.78, 5) is 42.9. The summed E-state index contributed by atoms with van der Waals surface area (Å²) < 4.78 is 11.2. The van der Waals surface area contributed by atoms with Crippen LogP contribution in [0, 0.1) is 11.3 Å². The lowest BCUT2D eigenvalue weighted by atomic mass is 9.98. The first-order valence-corrected chi connectivity index (χ1v) is 17.3. The van der Waals surface area contributed by atoms with Crippen LogP contribution in [-0.2, 0) is 34.0 Å². The van der Waals surface area contributed by atoms with E-state index < -0.39 is 24.7 Å². The number of aromatic hydroxyl groups is 1. The number of hydrogen-bond acceptors (Lipinski definition) is 9. The molecule has 0 saturated heterocycles. The van der Waals surface area contributed by atoms with Gasteiger partial charge in [-0.3, -0.25) is 9.69 Å². The number of carbonyl (C=O) groups is 3. The van der Waals surface area contributed by atoms with E-state index in [0.29, 0.717) is 19.0 Å². The maximum atomic E-state index is 13.2. The number of aliphatic hydroxyl groups is 1. The molecule has 4 N–H and O–H groups in total. The van der Waals surface area contributed by atoms with Gasteiger partial charge >= 0.3 is 18.2 Å². The zero-order valence-corrected chi connectivity index (χ0v) is 27.9. The summed E-state index contributed by atoms with van der Waals surface area (Å²) >= 11 is 1.59. The highest BCUT2D eigenvalue weighted by molar-refractivity contribution is 7.99. The third-order valence-corrected chi connectivity index (χ3v) is 10.7. The van der Waals surface area contributed by atoms with E-state index >= 15 is 0 Å². The van der Waals surface area contributed by atoms with Crippen molar-refractivity contribution >= 4 is 29.9 Å². The molecular formula is C37H41N3O8S. The molecular weight excluding hydrogens is 646 g/mol. The molecule has 258 valence electrons. The van der Waals surface area contributed by atoms with Gasteiger partial charge in [0.05, 0.1) is 13.2 Å². The predicted octanol–water partition coefficient (Wildman–Crippen LogP) is 5.40. The molecule has 12 heteroatoms. The van der Waals surface area contributed by atoms with E-state index in [0.717, 1.165) is 45.7 Å². The first-order chi connectivity index (χ1) is 23.8. The molecule has 0 aromatic heterocycles. The van der Waals surface area contributed by atoms with E-state index in [1.54, 1.807) is 23.9 Å². The number of hydrogen-bond donors (Lipinski definition) is 4. The summed E-state index contributed by atoms with van der Waals surface area (Å²) in [5, 5.41) is 32.3. The van der Waals surface area contributed by atoms with Gasteiger partial charge in [0, 0.05) is 40.9 Å². The van der Waals surface area contributed by atoms with Gasteiger partial charge in [-0.25, -0.2) is 9.59 Å². The van der Waals surface area contributed by atoms with E-state index in [-0.39, 0.29) is 50.1 Å². The van der Waals surface area contributed by atoms with Crippen LogP contribution in [0.3, 0.4) is 0 Å². The fraction of sp³-hybridized carbons (Fsp3) is 0.378. The Hall–Kier alpha value is -4.52. The van der Waals surface area contributed by atoms with Crippen LogP contribution in [0.25, 0.3) is 0 Å². The number of rotatable bonds is 16. The van der Waals surface area contributed by atoms with Crippen LogP contribution in [-0.4, -0.2) is 82.2 Å². The molecule has 3 aromatic rings. The molecule has 0 radical (unpaired) electrons. The van der Waals surface area contributed by atoms with Crippen LogP contribution in [0.5, 0.6) is 5.75 Å². The molecule has 3 atom stereocenters. The molecule has 11 nitrogen and oxygen atoms in total. The van der Waals surface area contributed by atoms with Gasteiger partial charge in [-0.2, -0.15) is 0 Å². The van der Waals surface area contributed by atoms with Gasteiger partial charge in [-0.15, -0.1) is 0 Å². The van der Waals surface area contributed by atoms with E-state index in [1.165, 1.54) is 27.5 Å². The summed E-state index contributed by atoms with van der Waals surface area (Å²) in [6, 6.07) is 22.0. The van der Waals surface area contributed by atoms with Crippen molar-refractivity contribution in [1.29, 1.82) is 0 Å². The normalized spacial score (nSPS) is 19.9. The average Bonchev–Trinajstić information content (AvgIpc) is 3.54. The number of aliphatic carboxylic acids is 1. The first kappa shape index (κ1) is 34.3. The molecule has 2 amide bonds. The minimum absolute atomic E-state index is 0.0310. The summed E-state index contributed by atoms with van der Waals surface area (Å²) in [7, 11) is 0. The van der Waals surface area contributed by atoms with Crippen molar-refractivity contribution < 1.29 is 39.2 Å². The number of ether oxygens (including phenoxy) is 2. The van der Waals surface area contributed by atoms with E-state index in [2.05, 4.69) is 11.4 Å². The summed E-state index contributed by atoms with van der Waals surface area (Å²) in [6.07, 6.45) is 3.58. The second kappa shape index (κ2) is 15.4. The Balaban J connectivity index is 1.01. The van der Waals surface area contributed by atoms with Crippen molar-refractivity contribution in [3.8, 4) is 5.75 Å². The fourth-order valence-electron chi connectivity index (χ4n) is 7.05. The van der Waals surface area contributed by atoms with Gasteiger partial charge < -0.3 is 35.0 Å².